The number of rotatable bonds is 15. The summed E-state index contributed by atoms with van der Waals surface area (Å²) in [6, 6.07) is 0. The highest BCUT2D eigenvalue weighted by Crippen LogP contribution is 2.37. The van der Waals surface area contributed by atoms with E-state index in [1.165, 1.54) is 19.3 Å². The number of methoxy groups -OCH3 is 2. The lowest BCUT2D eigenvalue weighted by atomic mass is 9.81. The van der Waals surface area contributed by atoms with E-state index in [2.05, 4.69) is 6.92 Å². The van der Waals surface area contributed by atoms with Crippen molar-refractivity contribution in [3.05, 3.63) is 34.6 Å². The minimum Gasteiger partial charge on any atom is -0.353 e. The third kappa shape index (κ3) is 7.14. The Balaban J connectivity index is 2.96. The number of halogens is 5. The van der Waals surface area contributed by atoms with Crippen LogP contribution in [0.5, 0.6) is 0 Å². The zero-order chi connectivity index (χ0) is 23.6. The highest BCUT2D eigenvalue weighted by Gasteiger charge is 2.38. The molecule has 0 aliphatic heterocycles. The Kier molecular flexibility index (Phi) is 12.0. The molecule has 0 saturated carbocycles. The van der Waals surface area contributed by atoms with Crippen molar-refractivity contribution in [2.45, 2.75) is 90.8 Å². The Morgan fingerprint density at radius 2 is 1.23 bits per heavy atom. The zero-order valence-electron chi connectivity index (χ0n) is 19.4. The van der Waals surface area contributed by atoms with Gasteiger partial charge >= 0.3 is 0 Å². The van der Waals surface area contributed by atoms with Gasteiger partial charge in [0.1, 0.15) is 0 Å². The second-order valence-corrected chi connectivity index (χ2v) is 8.42. The van der Waals surface area contributed by atoms with Crippen LogP contribution in [0.1, 0.15) is 84.1 Å². The van der Waals surface area contributed by atoms with E-state index in [0.29, 0.717) is 12.8 Å². The Labute approximate surface area is 183 Å². The predicted molar refractivity (Wildman–Crippen MR) is 112 cm³/mol. The van der Waals surface area contributed by atoms with Crippen LogP contribution in [-0.2, 0) is 15.9 Å². The summed E-state index contributed by atoms with van der Waals surface area (Å²) in [6.45, 7) is 5.85. The van der Waals surface area contributed by atoms with Crippen molar-refractivity contribution in [3.63, 3.8) is 0 Å². The van der Waals surface area contributed by atoms with Gasteiger partial charge in [0.15, 0.2) is 29.1 Å². The molecule has 2 nitrogen and oxygen atoms in total. The Hall–Kier alpha value is -1.21. The minimum atomic E-state index is -2.13. The molecule has 1 rings (SSSR count). The van der Waals surface area contributed by atoms with Crippen molar-refractivity contribution >= 4 is 0 Å². The van der Waals surface area contributed by atoms with Crippen molar-refractivity contribution in [3.8, 4) is 0 Å². The van der Waals surface area contributed by atoms with Crippen molar-refractivity contribution in [1.29, 1.82) is 0 Å². The van der Waals surface area contributed by atoms with Crippen LogP contribution in [0.4, 0.5) is 22.0 Å². The van der Waals surface area contributed by atoms with Gasteiger partial charge in [-0.3, -0.25) is 0 Å². The van der Waals surface area contributed by atoms with Crippen molar-refractivity contribution in [2.75, 3.05) is 14.2 Å². The first-order valence-corrected chi connectivity index (χ1v) is 11.3. The summed E-state index contributed by atoms with van der Waals surface area (Å²) >= 11 is 0. The van der Waals surface area contributed by atoms with Gasteiger partial charge in [-0.05, 0) is 31.6 Å². The molecule has 0 spiro atoms. The fourth-order valence-electron chi connectivity index (χ4n) is 4.43. The Morgan fingerprint density at radius 3 is 1.71 bits per heavy atom. The molecule has 0 fully saturated rings. The summed E-state index contributed by atoms with van der Waals surface area (Å²) in [4.78, 5) is 0. The van der Waals surface area contributed by atoms with Crippen molar-refractivity contribution in [1.82, 2.24) is 0 Å². The summed E-state index contributed by atoms with van der Waals surface area (Å²) in [5, 5.41) is 0. The minimum absolute atomic E-state index is 0.0741. The molecule has 1 aromatic carbocycles. The zero-order valence-corrected chi connectivity index (χ0v) is 19.4. The summed E-state index contributed by atoms with van der Waals surface area (Å²) < 4.78 is 80.1. The smallest absolute Gasteiger partial charge is 0.200 e. The molecule has 180 valence electrons. The molecule has 0 aliphatic rings. The van der Waals surface area contributed by atoms with E-state index in [9.17, 15) is 22.0 Å². The third-order valence-electron chi connectivity index (χ3n) is 6.25. The maximum atomic E-state index is 14.1. The van der Waals surface area contributed by atoms with Crippen LogP contribution in [0.25, 0.3) is 0 Å². The monoisotopic (exact) mass is 452 g/mol. The van der Waals surface area contributed by atoms with Gasteiger partial charge in [0, 0.05) is 25.7 Å². The van der Waals surface area contributed by atoms with Gasteiger partial charge in [0.25, 0.3) is 0 Å². The molecule has 0 bridgehead atoms. The summed E-state index contributed by atoms with van der Waals surface area (Å²) in [6.07, 6.45) is 8.31. The molecule has 0 aliphatic carbocycles. The SMILES string of the molecule is CCCCCCCCC(CC(C)Cc1c(F)c(F)c(F)c(F)c1F)C(CC)(OC)OC. The highest BCUT2D eigenvalue weighted by atomic mass is 19.2. The number of benzene rings is 1. The first-order chi connectivity index (χ1) is 14.7. The molecule has 31 heavy (non-hydrogen) atoms. The van der Waals surface area contributed by atoms with E-state index in [0.717, 1.165) is 25.7 Å². The highest BCUT2D eigenvalue weighted by molar-refractivity contribution is 5.24. The number of ether oxygens (including phenoxy) is 2. The fourth-order valence-corrected chi connectivity index (χ4v) is 4.43. The van der Waals surface area contributed by atoms with Crippen LogP contribution in [-0.4, -0.2) is 20.0 Å². The molecule has 7 heteroatoms. The topological polar surface area (TPSA) is 18.5 Å². The van der Waals surface area contributed by atoms with Crippen LogP contribution in [0, 0.1) is 40.9 Å². The summed E-state index contributed by atoms with van der Waals surface area (Å²) in [5.74, 6) is -10.7. The third-order valence-corrected chi connectivity index (χ3v) is 6.25. The van der Waals surface area contributed by atoms with E-state index >= 15 is 0 Å². The fraction of sp³-hybridized carbons (Fsp3) is 0.750. The van der Waals surface area contributed by atoms with Crippen molar-refractivity contribution < 1.29 is 31.4 Å². The number of hydrogen-bond acceptors (Lipinski definition) is 2. The second-order valence-electron chi connectivity index (χ2n) is 8.42. The van der Waals surface area contributed by atoms with E-state index in [1.807, 2.05) is 6.92 Å². The normalized spacial score (nSPS) is 14.1. The van der Waals surface area contributed by atoms with Crippen LogP contribution >= 0.6 is 0 Å². The summed E-state index contributed by atoms with van der Waals surface area (Å²) in [5.41, 5.74) is -0.765. The number of hydrogen-bond donors (Lipinski definition) is 0. The van der Waals surface area contributed by atoms with Gasteiger partial charge in [-0.1, -0.05) is 59.3 Å². The van der Waals surface area contributed by atoms with E-state index in [1.54, 1.807) is 21.1 Å². The first-order valence-electron chi connectivity index (χ1n) is 11.3. The van der Waals surface area contributed by atoms with Gasteiger partial charge in [-0.25, -0.2) is 22.0 Å². The van der Waals surface area contributed by atoms with E-state index in [4.69, 9.17) is 9.47 Å². The largest absolute Gasteiger partial charge is 0.353 e. The van der Waals surface area contributed by atoms with Gasteiger partial charge < -0.3 is 9.47 Å². The lowest BCUT2D eigenvalue weighted by Gasteiger charge is -2.39. The van der Waals surface area contributed by atoms with Gasteiger partial charge in [-0.2, -0.15) is 0 Å². The average molecular weight is 453 g/mol. The summed E-state index contributed by atoms with van der Waals surface area (Å²) in [7, 11) is 3.13. The molecule has 2 atom stereocenters. The number of unbranched alkanes of at least 4 members (excludes halogenated alkanes) is 5. The second kappa shape index (κ2) is 13.4. The maximum absolute atomic E-state index is 14.1. The molecular weight excluding hydrogens is 415 g/mol. The lowest BCUT2D eigenvalue weighted by Crippen LogP contribution is -2.42. The molecule has 2 unspecified atom stereocenters. The molecule has 0 heterocycles. The molecule has 1 aromatic rings. The average Bonchev–Trinajstić information content (AvgIpc) is 2.77. The van der Waals surface area contributed by atoms with Crippen LogP contribution < -0.4 is 0 Å². The predicted octanol–water partition coefficient (Wildman–Crippen LogP) is 7.72. The molecule has 0 N–H and O–H groups in total. The van der Waals surface area contributed by atoms with Gasteiger partial charge in [0.05, 0.1) is 0 Å². The van der Waals surface area contributed by atoms with Crippen LogP contribution in [0.15, 0.2) is 0 Å². The molecule has 0 aromatic heterocycles. The Bertz CT molecular complexity index is 639. The van der Waals surface area contributed by atoms with E-state index in [-0.39, 0.29) is 18.3 Å². The van der Waals surface area contributed by atoms with Gasteiger partial charge in [-0.15, -0.1) is 0 Å². The standard InChI is InChI=1S/C24H37F5O2/c1-6-8-9-10-11-12-13-17(24(7-2,30-4)31-5)14-16(3)15-18-19(25)21(27)23(29)22(28)20(18)26/h16-17H,6-15H2,1-5H3. The molecular formula is C24H37F5O2. The van der Waals surface area contributed by atoms with Crippen molar-refractivity contribution in [2.24, 2.45) is 11.8 Å². The van der Waals surface area contributed by atoms with E-state index < -0.39 is 40.4 Å². The first kappa shape index (κ1) is 27.8. The van der Waals surface area contributed by atoms with Gasteiger partial charge in [0.2, 0.25) is 5.82 Å². The van der Waals surface area contributed by atoms with Crippen LogP contribution in [0.3, 0.4) is 0 Å². The van der Waals surface area contributed by atoms with Crippen LogP contribution in [0.2, 0.25) is 0 Å². The molecule has 0 radical (unpaired) electrons. The quantitative estimate of drug-likeness (QED) is 0.0892. The molecule has 0 saturated heterocycles. The lowest BCUT2D eigenvalue weighted by molar-refractivity contribution is -0.246. The Morgan fingerprint density at radius 1 is 0.742 bits per heavy atom. The molecule has 0 amide bonds. The maximum Gasteiger partial charge on any atom is 0.200 e.